The summed E-state index contributed by atoms with van der Waals surface area (Å²) in [7, 11) is 1.39. The van der Waals surface area contributed by atoms with Crippen molar-refractivity contribution in [1.82, 2.24) is 24.6 Å². The molecule has 3 aliphatic rings. The Hall–Kier alpha value is -3.06. The predicted molar refractivity (Wildman–Crippen MR) is 138 cm³/mol. The van der Waals surface area contributed by atoms with Crippen LogP contribution in [0.25, 0.3) is 5.69 Å². The van der Waals surface area contributed by atoms with Crippen molar-refractivity contribution in [3.8, 4) is 11.4 Å². The number of piperidine rings is 1. The largest absolute Gasteiger partial charge is 0.493 e. The van der Waals surface area contributed by atoms with Crippen LogP contribution in [0.1, 0.15) is 54.5 Å². The van der Waals surface area contributed by atoms with Gasteiger partial charge >= 0.3 is 12.4 Å². The third kappa shape index (κ3) is 5.33. The van der Waals surface area contributed by atoms with Gasteiger partial charge in [0.05, 0.1) is 25.3 Å². The van der Waals surface area contributed by atoms with Gasteiger partial charge < -0.3 is 9.64 Å². The molecule has 7 nitrogen and oxygen atoms in total. The third-order valence-electron chi connectivity index (χ3n) is 8.36. The van der Waals surface area contributed by atoms with Gasteiger partial charge in [0.25, 0.3) is 0 Å². The molecule has 2 fully saturated rings. The van der Waals surface area contributed by atoms with Gasteiger partial charge in [-0.2, -0.15) is 26.3 Å². The number of alkyl halides is 6. The maximum absolute atomic E-state index is 13.3. The number of anilines is 1. The van der Waals surface area contributed by atoms with E-state index in [0.717, 1.165) is 23.1 Å². The molecule has 0 N–H and O–H groups in total. The van der Waals surface area contributed by atoms with Crippen molar-refractivity contribution in [2.24, 2.45) is 5.92 Å². The molecular formula is C27H27ClF6N6O. The SMILES string of the molecule is COc1ccc(C(F)(F)F)nc1N1CCC(c2nnc3n2-c2ccc(Cl)cc2CN(C2CC(C(F)(F)F)C2)C3)CC1. The standard InChI is InChI=1S/C27H27ClF6N6O/c1-41-21-4-5-22(27(32,33)34)35-25(21)38-8-6-15(7-9-38)24-37-36-23-14-39(19-11-17(12-19)26(29,30)31)13-16-10-18(28)2-3-20(16)40(23)24/h2-5,10,15,17,19H,6-9,11-14H2,1H3. The van der Waals surface area contributed by atoms with E-state index in [2.05, 4.69) is 15.2 Å². The van der Waals surface area contributed by atoms with Crippen LogP contribution >= 0.6 is 11.6 Å². The van der Waals surface area contributed by atoms with Crippen LogP contribution < -0.4 is 9.64 Å². The molecule has 0 atom stereocenters. The normalized spacial score (nSPS) is 22.1. The molecule has 0 bridgehead atoms. The summed E-state index contributed by atoms with van der Waals surface area (Å²) in [6, 6.07) is 7.43. The second kappa shape index (κ2) is 10.3. The van der Waals surface area contributed by atoms with E-state index in [9.17, 15) is 26.3 Å². The molecule has 0 unspecified atom stereocenters. The third-order valence-corrected chi connectivity index (χ3v) is 8.59. The van der Waals surface area contributed by atoms with E-state index in [1.165, 1.54) is 13.2 Å². The summed E-state index contributed by atoms with van der Waals surface area (Å²) in [6.45, 7) is 1.64. The van der Waals surface area contributed by atoms with Crippen LogP contribution in [-0.2, 0) is 19.3 Å². The molecule has 0 amide bonds. The van der Waals surface area contributed by atoms with E-state index in [1.54, 1.807) is 11.0 Å². The minimum Gasteiger partial charge on any atom is -0.493 e. The van der Waals surface area contributed by atoms with Gasteiger partial charge in [-0.3, -0.25) is 9.47 Å². The lowest BCUT2D eigenvalue weighted by molar-refractivity contribution is -0.207. The Balaban J connectivity index is 1.25. The van der Waals surface area contributed by atoms with E-state index in [4.69, 9.17) is 16.3 Å². The lowest BCUT2D eigenvalue weighted by Gasteiger charge is -2.43. The summed E-state index contributed by atoms with van der Waals surface area (Å²) in [5, 5.41) is 9.51. The predicted octanol–water partition coefficient (Wildman–Crippen LogP) is 6.38. The second-order valence-electron chi connectivity index (χ2n) is 10.8. The molecule has 220 valence electrons. The Bertz CT molecular complexity index is 1430. The smallest absolute Gasteiger partial charge is 0.433 e. The summed E-state index contributed by atoms with van der Waals surface area (Å²) >= 11 is 6.32. The number of benzene rings is 1. The van der Waals surface area contributed by atoms with Crippen LogP contribution in [0, 0.1) is 5.92 Å². The zero-order chi connectivity index (χ0) is 29.1. The fraction of sp³-hybridized carbons (Fsp3) is 0.519. The maximum Gasteiger partial charge on any atom is 0.433 e. The summed E-state index contributed by atoms with van der Waals surface area (Å²) in [6.07, 6.45) is -7.50. The number of ether oxygens (including phenoxy) is 1. The lowest BCUT2D eigenvalue weighted by Crippen LogP contribution is -2.48. The average molecular weight is 601 g/mol. The Labute approximate surface area is 237 Å². The van der Waals surface area contributed by atoms with Crippen molar-refractivity contribution < 1.29 is 31.1 Å². The van der Waals surface area contributed by atoms with Gasteiger partial charge in [-0.15, -0.1) is 10.2 Å². The van der Waals surface area contributed by atoms with Crippen LogP contribution in [-0.4, -0.2) is 57.1 Å². The van der Waals surface area contributed by atoms with Crippen molar-refractivity contribution in [2.75, 3.05) is 25.1 Å². The highest BCUT2D eigenvalue weighted by atomic mass is 35.5. The molecule has 1 saturated heterocycles. The highest BCUT2D eigenvalue weighted by Gasteiger charge is 2.50. The van der Waals surface area contributed by atoms with Crippen LogP contribution in [0.3, 0.4) is 0 Å². The van der Waals surface area contributed by atoms with E-state index < -0.39 is 24.0 Å². The van der Waals surface area contributed by atoms with Crippen molar-refractivity contribution >= 4 is 17.4 Å². The van der Waals surface area contributed by atoms with Gasteiger partial charge in [0.1, 0.15) is 11.5 Å². The summed E-state index contributed by atoms with van der Waals surface area (Å²) in [5.74, 6) is 0.434. The van der Waals surface area contributed by atoms with Gasteiger partial charge in [0, 0.05) is 36.6 Å². The summed E-state index contributed by atoms with van der Waals surface area (Å²) in [5.41, 5.74) is 0.733. The topological polar surface area (TPSA) is 59.3 Å². The Morgan fingerprint density at radius 2 is 1.68 bits per heavy atom. The molecule has 2 aliphatic heterocycles. The molecule has 2 aromatic heterocycles. The fourth-order valence-electron chi connectivity index (χ4n) is 6.06. The molecule has 41 heavy (non-hydrogen) atoms. The molecule has 6 rings (SSSR count). The minimum atomic E-state index is -4.57. The van der Waals surface area contributed by atoms with Gasteiger partial charge in [-0.1, -0.05) is 11.6 Å². The molecule has 1 saturated carbocycles. The molecule has 1 aromatic carbocycles. The first-order chi connectivity index (χ1) is 19.4. The van der Waals surface area contributed by atoms with Crippen molar-refractivity contribution in [3.63, 3.8) is 0 Å². The van der Waals surface area contributed by atoms with Gasteiger partial charge in [0.15, 0.2) is 17.4 Å². The van der Waals surface area contributed by atoms with E-state index in [0.29, 0.717) is 49.9 Å². The first-order valence-corrected chi connectivity index (χ1v) is 13.7. The number of aromatic nitrogens is 4. The Morgan fingerprint density at radius 3 is 2.34 bits per heavy atom. The Morgan fingerprint density at radius 1 is 0.951 bits per heavy atom. The molecule has 0 radical (unpaired) electrons. The quantitative estimate of drug-likeness (QED) is 0.324. The average Bonchev–Trinajstić information content (AvgIpc) is 3.22. The molecule has 14 heteroatoms. The number of fused-ring (bicyclic) bond motifs is 3. The minimum absolute atomic E-state index is 0.0438. The number of nitrogens with zero attached hydrogens (tertiary/aromatic N) is 6. The van der Waals surface area contributed by atoms with Crippen LogP contribution in [0.5, 0.6) is 5.75 Å². The number of hydrogen-bond acceptors (Lipinski definition) is 6. The van der Waals surface area contributed by atoms with E-state index in [1.807, 2.05) is 21.6 Å². The summed E-state index contributed by atoms with van der Waals surface area (Å²) in [4.78, 5) is 7.66. The number of hydrogen-bond donors (Lipinski definition) is 0. The molecule has 0 spiro atoms. The first kappa shape index (κ1) is 28.1. The summed E-state index contributed by atoms with van der Waals surface area (Å²) < 4.78 is 86.8. The van der Waals surface area contributed by atoms with Crippen molar-refractivity contribution in [1.29, 1.82) is 0 Å². The van der Waals surface area contributed by atoms with E-state index >= 15 is 0 Å². The molecule has 3 aromatic rings. The van der Waals surface area contributed by atoms with Gasteiger partial charge in [0.2, 0.25) is 0 Å². The monoisotopic (exact) mass is 600 g/mol. The van der Waals surface area contributed by atoms with Crippen molar-refractivity contribution in [3.05, 3.63) is 58.3 Å². The van der Waals surface area contributed by atoms with Gasteiger partial charge in [-0.05, 0) is 61.6 Å². The maximum atomic E-state index is 13.3. The zero-order valence-electron chi connectivity index (χ0n) is 22.0. The van der Waals surface area contributed by atoms with Gasteiger partial charge in [-0.25, -0.2) is 4.98 Å². The molecule has 1 aliphatic carbocycles. The number of methoxy groups -OCH3 is 1. The van der Waals surface area contributed by atoms with Crippen molar-refractivity contribution in [2.45, 2.75) is 63.1 Å². The number of rotatable bonds is 4. The number of pyridine rings is 1. The van der Waals surface area contributed by atoms with Crippen LogP contribution in [0.15, 0.2) is 30.3 Å². The lowest BCUT2D eigenvalue weighted by atomic mass is 9.78. The van der Waals surface area contributed by atoms with E-state index in [-0.39, 0.29) is 36.4 Å². The number of halogens is 7. The fourth-order valence-corrected chi connectivity index (χ4v) is 6.25. The zero-order valence-corrected chi connectivity index (χ0v) is 22.8. The molecular weight excluding hydrogens is 574 g/mol. The highest BCUT2D eigenvalue weighted by Crippen LogP contribution is 2.45. The highest BCUT2D eigenvalue weighted by molar-refractivity contribution is 6.30. The Kier molecular flexibility index (Phi) is 7.08. The van der Waals surface area contributed by atoms with Crippen LogP contribution in [0.2, 0.25) is 5.02 Å². The molecule has 4 heterocycles. The van der Waals surface area contributed by atoms with Crippen LogP contribution in [0.4, 0.5) is 32.2 Å². The first-order valence-electron chi connectivity index (χ1n) is 13.3. The second-order valence-corrected chi connectivity index (χ2v) is 11.3.